The Morgan fingerprint density at radius 1 is 1.17 bits per heavy atom. The molecule has 0 amide bonds. The largest absolute Gasteiger partial charge is 0.497 e. The summed E-state index contributed by atoms with van der Waals surface area (Å²) < 4.78 is 44.3. The number of rotatable bonds is 5. The molecule has 2 aromatic carbocycles. The molecule has 1 fully saturated rings. The molecule has 2 unspecified atom stereocenters. The van der Waals surface area contributed by atoms with E-state index in [1.807, 2.05) is 24.3 Å². The monoisotopic (exact) mass is 417 g/mol. The van der Waals surface area contributed by atoms with Crippen molar-refractivity contribution in [3.63, 3.8) is 0 Å². The number of ether oxygens (including phenoxy) is 1. The summed E-state index contributed by atoms with van der Waals surface area (Å²) in [5, 5.41) is 9.60. The van der Waals surface area contributed by atoms with E-state index in [9.17, 15) is 23.1 Å². The molecule has 0 radical (unpaired) electrons. The number of hydrogen-bond acceptors (Lipinski definition) is 3. The lowest BCUT2D eigenvalue weighted by molar-refractivity contribution is -0.137. The van der Waals surface area contributed by atoms with Crippen molar-refractivity contribution >= 4 is 5.97 Å². The minimum absolute atomic E-state index is 0.0748. The average molecular weight is 417 g/mol. The standard InChI is InChI=1S/C23H22F3NO3/c1-30-20-8-2-15(3-9-20)14-27-19-10-11-22(27,13-16(12-19)21(28)29)17-4-6-18(7-5-17)23(24,25)26/h2-9,12,19H,10-11,13-14H2,1H3,(H,28,29). The molecular formula is C23H22F3NO3. The van der Waals surface area contributed by atoms with Gasteiger partial charge in [-0.3, -0.25) is 4.90 Å². The number of carbonyl (C=O) groups is 1. The first kappa shape index (κ1) is 20.5. The van der Waals surface area contributed by atoms with E-state index < -0.39 is 23.2 Å². The maximum atomic E-state index is 13.0. The lowest BCUT2D eigenvalue weighted by Gasteiger charge is -2.44. The van der Waals surface area contributed by atoms with E-state index in [0.29, 0.717) is 18.5 Å². The Balaban J connectivity index is 1.72. The molecule has 0 aromatic heterocycles. The number of fused-ring (bicyclic) bond motifs is 2. The van der Waals surface area contributed by atoms with E-state index in [2.05, 4.69) is 4.90 Å². The van der Waals surface area contributed by atoms with Crippen molar-refractivity contribution in [2.45, 2.75) is 43.6 Å². The Bertz CT molecular complexity index is 967. The van der Waals surface area contributed by atoms with Crippen molar-refractivity contribution in [3.05, 3.63) is 76.9 Å². The third-order valence-corrected chi connectivity index (χ3v) is 6.22. The van der Waals surface area contributed by atoms with Crippen LogP contribution in [0.25, 0.3) is 0 Å². The van der Waals surface area contributed by atoms with E-state index in [4.69, 9.17) is 4.74 Å². The number of benzene rings is 2. The number of halogens is 3. The lowest BCUT2D eigenvalue weighted by Crippen LogP contribution is -2.47. The number of alkyl halides is 3. The Labute approximate surface area is 172 Å². The molecule has 2 bridgehead atoms. The Kier molecular flexibility index (Phi) is 5.10. The SMILES string of the molecule is COc1ccc(CN2C3C=C(C(=O)O)CC2(c2ccc(C(F)(F)F)cc2)CC3)cc1. The highest BCUT2D eigenvalue weighted by atomic mass is 19.4. The molecule has 0 saturated carbocycles. The Morgan fingerprint density at radius 2 is 1.83 bits per heavy atom. The predicted octanol–water partition coefficient (Wildman–Crippen LogP) is 4.99. The summed E-state index contributed by atoms with van der Waals surface area (Å²) >= 11 is 0. The molecule has 2 aliphatic rings. The highest BCUT2D eigenvalue weighted by Crippen LogP contribution is 2.51. The molecule has 2 aliphatic heterocycles. The van der Waals surface area contributed by atoms with E-state index in [0.717, 1.165) is 35.4 Å². The van der Waals surface area contributed by atoms with Crippen LogP contribution in [0.15, 0.2) is 60.2 Å². The zero-order valence-corrected chi connectivity index (χ0v) is 16.4. The van der Waals surface area contributed by atoms with Crippen LogP contribution in [-0.4, -0.2) is 29.1 Å². The summed E-state index contributed by atoms with van der Waals surface area (Å²) in [5.74, 6) is -0.229. The molecule has 7 heteroatoms. The summed E-state index contributed by atoms with van der Waals surface area (Å²) in [5.41, 5.74) is 0.730. The van der Waals surface area contributed by atoms with Gasteiger partial charge in [0, 0.05) is 24.6 Å². The normalized spacial score (nSPS) is 23.9. The number of methoxy groups -OCH3 is 1. The van der Waals surface area contributed by atoms with Crippen molar-refractivity contribution in [1.82, 2.24) is 4.90 Å². The Hall–Kier alpha value is -2.80. The minimum atomic E-state index is -4.41. The molecule has 2 atom stereocenters. The van der Waals surface area contributed by atoms with Gasteiger partial charge in [-0.15, -0.1) is 0 Å². The second kappa shape index (κ2) is 7.47. The third kappa shape index (κ3) is 3.58. The molecule has 158 valence electrons. The highest BCUT2D eigenvalue weighted by Gasteiger charge is 2.50. The molecule has 30 heavy (non-hydrogen) atoms. The third-order valence-electron chi connectivity index (χ3n) is 6.22. The van der Waals surface area contributed by atoms with Crippen LogP contribution in [0, 0.1) is 0 Å². The van der Waals surface area contributed by atoms with E-state index in [1.54, 1.807) is 13.2 Å². The van der Waals surface area contributed by atoms with Gasteiger partial charge in [0.2, 0.25) is 0 Å². The maximum absolute atomic E-state index is 13.0. The molecule has 4 nitrogen and oxygen atoms in total. The number of hydrogen-bond donors (Lipinski definition) is 1. The van der Waals surface area contributed by atoms with Gasteiger partial charge in [-0.25, -0.2) is 4.79 Å². The summed E-state index contributed by atoms with van der Waals surface area (Å²) in [6, 6.07) is 12.7. The van der Waals surface area contributed by atoms with Gasteiger partial charge in [0.25, 0.3) is 0 Å². The van der Waals surface area contributed by atoms with Gasteiger partial charge in [-0.2, -0.15) is 13.2 Å². The summed E-state index contributed by atoms with van der Waals surface area (Å²) in [6.45, 7) is 0.569. The number of carboxylic acids is 1. The molecule has 2 heterocycles. The van der Waals surface area contributed by atoms with Crippen LogP contribution in [0.2, 0.25) is 0 Å². The molecule has 4 rings (SSSR count). The molecule has 1 saturated heterocycles. The van der Waals surface area contributed by atoms with E-state index in [-0.39, 0.29) is 12.5 Å². The summed E-state index contributed by atoms with van der Waals surface area (Å²) in [6.07, 6.45) is -0.905. The van der Waals surface area contributed by atoms with E-state index in [1.165, 1.54) is 12.1 Å². The Morgan fingerprint density at radius 3 is 2.40 bits per heavy atom. The van der Waals surface area contributed by atoms with Crippen molar-refractivity contribution in [2.75, 3.05) is 7.11 Å². The van der Waals surface area contributed by atoms with Gasteiger partial charge >= 0.3 is 12.1 Å². The van der Waals surface area contributed by atoms with Crippen molar-refractivity contribution in [1.29, 1.82) is 0 Å². The van der Waals surface area contributed by atoms with Crippen LogP contribution in [0.4, 0.5) is 13.2 Å². The smallest absolute Gasteiger partial charge is 0.416 e. The first-order chi connectivity index (χ1) is 14.2. The molecule has 1 N–H and O–H groups in total. The lowest BCUT2D eigenvalue weighted by atomic mass is 9.80. The zero-order valence-electron chi connectivity index (χ0n) is 16.4. The maximum Gasteiger partial charge on any atom is 0.416 e. The fourth-order valence-electron chi connectivity index (χ4n) is 4.70. The van der Waals surface area contributed by atoms with Gasteiger partial charge in [0.05, 0.1) is 18.2 Å². The van der Waals surface area contributed by atoms with Gasteiger partial charge in [0.15, 0.2) is 0 Å². The fraction of sp³-hybridized carbons (Fsp3) is 0.348. The number of nitrogens with zero attached hydrogens (tertiary/aromatic N) is 1. The van der Waals surface area contributed by atoms with Crippen molar-refractivity contribution in [3.8, 4) is 5.75 Å². The number of aliphatic carboxylic acids is 1. The van der Waals surface area contributed by atoms with Gasteiger partial charge < -0.3 is 9.84 Å². The van der Waals surface area contributed by atoms with Crippen LogP contribution >= 0.6 is 0 Å². The first-order valence-corrected chi connectivity index (χ1v) is 9.74. The van der Waals surface area contributed by atoms with Gasteiger partial charge in [0.1, 0.15) is 5.75 Å². The second-order valence-electron chi connectivity index (χ2n) is 7.86. The van der Waals surface area contributed by atoms with Gasteiger partial charge in [-0.1, -0.05) is 30.3 Å². The zero-order chi connectivity index (χ0) is 21.5. The van der Waals surface area contributed by atoms with Crippen molar-refractivity contribution < 1.29 is 27.8 Å². The van der Waals surface area contributed by atoms with Gasteiger partial charge in [-0.05, 0) is 48.2 Å². The summed E-state index contributed by atoms with van der Waals surface area (Å²) in [4.78, 5) is 13.9. The quantitative estimate of drug-likeness (QED) is 0.745. The number of carboxylic acid groups (broad SMARTS) is 1. The second-order valence-corrected chi connectivity index (χ2v) is 7.86. The minimum Gasteiger partial charge on any atom is -0.497 e. The average Bonchev–Trinajstić information content (AvgIpc) is 2.93. The van der Waals surface area contributed by atoms with E-state index >= 15 is 0 Å². The first-order valence-electron chi connectivity index (χ1n) is 9.74. The highest BCUT2D eigenvalue weighted by molar-refractivity contribution is 5.87. The van der Waals surface area contributed by atoms with Crippen molar-refractivity contribution in [2.24, 2.45) is 0 Å². The molecular weight excluding hydrogens is 395 g/mol. The van der Waals surface area contributed by atoms with Crippen LogP contribution in [0.3, 0.4) is 0 Å². The van der Waals surface area contributed by atoms with Crippen LogP contribution in [0.1, 0.15) is 36.0 Å². The van der Waals surface area contributed by atoms with Crippen LogP contribution in [0.5, 0.6) is 5.75 Å². The predicted molar refractivity (Wildman–Crippen MR) is 105 cm³/mol. The van der Waals surface area contributed by atoms with Crippen LogP contribution < -0.4 is 4.74 Å². The fourth-order valence-corrected chi connectivity index (χ4v) is 4.70. The molecule has 0 aliphatic carbocycles. The summed E-state index contributed by atoms with van der Waals surface area (Å²) in [7, 11) is 1.59. The molecule has 0 spiro atoms. The topological polar surface area (TPSA) is 49.8 Å². The molecule has 2 aromatic rings. The van der Waals surface area contributed by atoms with Crippen LogP contribution in [-0.2, 0) is 23.1 Å².